The van der Waals surface area contributed by atoms with E-state index in [-0.39, 0.29) is 11.8 Å². The summed E-state index contributed by atoms with van der Waals surface area (Å²) in [6.07, 6.45) is 0. The van der Waals surface area contributed by atoms with Gasteiger partial charge in [0.05, 0.1) is 0 Å². The molecular weight excluding hydrogens is 242 g/mol. The van der Waals surface area contributed by atoms with Crippen LogP contribution in [0.5, 0.6) is 0 Å². The molecule has 0 saturated heterocycles. The molecule has 0 bridgehead atoms. The molecule has 1 aromatic carbocycles. The Balaban J connectivity index is 2.01. The second-order valence-corrected chi connectivity index (χ2v) is 4.72. The Morgan fingerprint density at radius 3 is 2.53 bits per heavy atom. The third-order valence-electron chi connectivity index (χ3n) is 2.72. The van der Waals surface area contributed by atoms with Crippen LogP contribution in [0.1, 0.15) is 25.2 Å². The number of nitrogens with zero attached hydrogens (tertiary/aromatic N) is 2. The van der Waals surface area contributed by atoms with Crippen molar-refractivity contribution in [2.45, 2.75) is 27.3 Å². The normalized spacial score (nSPS) is 10.7. The average molecular weight is 259 g/mol. The first kappa shape index (κ1) is 13.3. The summed E-state index contributed by atoms with van der Waals surface area (Å²) in [6.45, 7) is 6.05. The number of aryl methyl sites for hydroxylation is 1. The van der Waals surface area contributed by atoms with Crippen LogP contribution in [0, 0.1) is 12.8 Å². The van der Waals surface area contributed by atoms with E-state index in [1.165, 1.54) is 0 Å². The predicted molar refractivity (Wildman–Crippen MR) is 71.2 cm³/mol. The highest BCUT2D eigenvalue weighted by Crippen LogP contribution is 2.17. The third-order valence-corrected chi connectivity index (χ3v) is 2.72. The zero-order valence-corrected chi connectivity index (χ0v) is 11.3. The number of benzene rings is 1. The maximum Gasteiger partial charge on any atom is 0.257 e. The number of hydrogen-bond donors (Lipinski definition) is 1. The molecule has 0 aliphatic heterocycles. The van der Waals surface area contributed by atoms with Gasteiger partial charge in [-0.1, -0.05) is 31.1 Å². The van der Waals surface area contributed by atoms with Gasteiger partial charge in [0.15, 0.2) is 5.82 Å². The number of rotatable bonds is 4. The van der Waals surface area contributed by atoms with Crippen LogP contribution in [0.4, 0.5) is 0 Å². The van der Waals surface area contributed by atoms with Crippen LogP contribution in [-0.4, -0.2) is 16.0 Å². The van der Waals surface area contributed by atoms with Gasteiger partial charge in [0.25, 0.3) is 5.89 Å². The van der Waals surface area contributed by atoms with E-state index in [9.17, 15) is 4.79 Å². The number of amides is 1. The Kier molecular flexibility index (Phi) is 3.94. The Labute approximate surface area is 112 Å². The second kappa shape index (κ2) is 5.65. The van der Waals surface area contributed by atoms with E-state index in [2.05, 4.69) is 15.5 Å². The number of carbonyl (C=O) groups is 1. The highest BCUT2D eigenvalue weighted by molar-refractivity contribution is 5.77. The highest BCUT2D eigenvalue weighted by Gasteiger charge is 2.07. The molecule has 5 nitrogen and oxygen atoms in total. The molecule has 5 heteroatoms. The van der Waals surface area contributed by atoms with Gasteiger partial charge >= 0.3 is 0 Å². The molecule has 0 aliphatic carbocycles. The van der Waals surface area contributed by atoms with Crippen molar-refractivity contribution in [2.75, 3.05) is 0 Å². The second-order valence-electron chi connectivity index (χ2n) is 4.72. The minimum absolute atomic E-state index is 0.000594. The summed E-state index contributed by atoms with van der Waals surface area (Å²) in [5, 5.41) is 6.62. The minimum Gasteiger partial charge on any atom is -0.352 e. The van der Waals surface area contributed by atoms with E-state index in [1.54, 1.807) is 6.92 Å². The lowest BCUT2D eigenvalue weighted by atomic mass is 10.1. The quantitative estimate of drug-likeness (QED) is 0.914. The molecule has 0 radical (unpaired) electrons. The van der Waals surface area contributed by atoms with Gasteiger partial charge in [-0.25, -0.2) is 0 Å². The van der Waals surface area contributed by atoms with Crippen molar-refractivity contribution in [3.05, 3.63) is 35.7 Å². The first-order valence-corrected chi connectivity index (χ1v) is 6.23. The molecule has 2 aromatic rings. The molecule has 1 N–H and O–H groups in total. The van der Waals surface area contributed by atoms with Gasteiger partial charge in [-0.15, -0.1) is 0 Å². The van der Waals surface area contributed by atoms with Gasteiger partial charge in [0.2, 0.25) is 5.91 Å². The summed E-state index contributed by atoms with van der Waals surface area (Å²) >= 11 is 0. The van der Waals surface area contributed by atoms with Crippen molar-refractivity contribution in [1.29, 1.82) is 0 Å². The molecule has 0 fully saturated rings. The Bertz CT molecular complexity index is 558. The lowest BCUT2D eigenvalue weighted by Crippen LogP contribution is -2.27. The molecule has 2 rings (SSSR count). The smallest absolute Gasteiger partial charge is 0.257 e. The summed E-state index contributed by atoms with van der Waals surface area (Å²) in [4.78, 5) is 15.6. The largest absolute Gasteiger partial charge is 0.352 e. The van der Waals surface area contributed by atoms with Crippen LogP contribution in [0.2, 0.25) is 0 Å². The van der Waals surface area contributed by atoms with Crippen molar-refractivity contribution >= 4 is 5.91 Å². The summed E-state index contributed by atoms with van der Waals surface area (Å²) < 4.78 is 5.09. The molecular formula is C14H17N3O2. The molecule has 19 heavy (non-hydrogen) atoms. The molecule has 1 aromatic heterocycles. The van der Waals surface area contributed by atoms with Crippen LogP contribution in [0.15, 0.2) is 28.8 Å². The van der Waals surface area contributed by atoms with Crippen LogP contribution >= 0.6 is 0 Å². The van der Waals surface area contributed by atoms with Crippen LogP contribution in [-0.2, 0) is 11.3 Å². The standard InChI is InChI=1S/C14H17N3O2/c1-9(2)13(18)15-8-11-4-6-12(7-5-11)14-16-10(3)17-19-14/h4-7,9H,8H2,1-3H3,(H,15,18). The first-order valence-electron chi connectivity index (χ1n) is 6.23. The number of nitrogens with one attached hydrogen (secondary N) is 1. The highest BCUT2D eigenvalue weighted by atomic mass is 16.5. The van der Waals surface area contributed by atoms with Gasteiger partial charge in [-0.05, 0) is 24.6 Å². The predicted octanol–water partition coefficient (Wildman–Crippen LogP) is 2.32. The van der Waals surface area contributed by atoms with E-state index < -0.39 is 0 Å². The molecule has 100 valence electrons. The monoisotopic (exact) mass is 259 g/mol. The van der Waals surface area contributed by atoms with E-state index in [0.717, 1.165) is 11.1 Å². The van der Waals surface area contributed by atoms with Gasteiger partial charge in [0, 0.05) is 18.0 Å². The molecule has 1 heterocycles. The molecule has 0 spiro atoms. The lowest BCUT2D eigenvalue weighted by molar-refractivity contribution is -0.124. The lowest BCUT2D eigenvalue weighted by Gasteiger charge is -2.07. The van der Waals surface area contributed by atoms with Crippen molar-refractivity contribution in [3.63, 3.8) is 0 Å². The zero-order valence-electron chi connectivity index (χ0n) is 11.3. The van der Waals surface area contributed by atoms with Gasteiger partial charge in [0.1, 0.15) is 0 Å². The number of carbonyl (C=O) groups excluding carboxylic acids is 1. The van der Waals surface area contributed by atoms with Crippen LogP contribution < -0.4 is 5.32 Å². The summed E-state index contributed by atoms with van der Waals surface area (Å²) in [5.41, 5.74) is 1.91. The van der Waals surface area contributed by atoms with Crippen molar-refractivity contribution < 1.29 is 9.32 Å². The fraction of sp³-hybridized carbons (Fsp3) is 0.357. The van der Waals surface area contributed by atoms with E-state index in [4.69, 9.17) is 4.52 Å². The average Bonchev–Trinajstić information content (AvgIpc) is 2.83. The fourth-order valence-electron chi connectivity index (χ4n) is 1.57. The van der Waals surface area contributed by atoms with Crippen LogP contribution in [0.3, 0.4) is 0 Å². The maximum absolute atomic E-state index is 11.5. The summed E-state index contributed by atoms with van der Waals surface area (Å²) in [5.74, 6) is 1.18. The molecule has 0 atom stereocenters. The Morgan fingerprint density at radius 1 is 1.32 bits per heavy atom. The van der Waals surface area contributed by atoms with Gasteiger partial charge < -0.3 is 9.84 Å². The van der Waals surface area contributed by atoms with E-state index in [1.807, 2.05) is 38.1 Å². The third kappa shape index (κ3) is 3.40. The van der Waals surface area contributed by atoms with Crippen molar-refractivity contribution in [2.24, 2.45) is 5.92 Å². The zero-order chi connectivity index (χ0) is 13.8. The maximum atomic E-state index is 11.5. The topological polar surface area (TPSA) is 68.0 Å². The Hall–Kier alpha value is -2.17. The van der Waals surface area contributed by atoms with Crippen molar-refractivity contribution in [3.8, 4) is 11.5 Å². The SMILES string of the molecule is Cc1noc(-c2ccc(CNC(=O)C(C)C)cc2)n1. The summed E-state index contributed by atoms with van der Waals surface area (Å²) in [6, 6.07) is 7.69. The number of hydrogen-bond acceptors (Lipinski definition) is 4. The molecule has 0 aliphatic rings. The van der Waals surface area contributed by atoms with Crippen LogP contribution in [0.25, 0.3) is 11.5 Å². The summed E-state index contributed by atoms with van der Waals surface area (Å²) in [7, 11) is 0. The fourth-order valence-corrected chi connectivity index (χ4v) is 1.57. The molecule has 0 unspecified atom stereocenters. The minimum atomic E-state index is 0.000594. The molecule has 0 saturated carbocycles. The van der Waals surface area contributed by atoms with E-state index in [0.29, 0.717) is 18.3 Å². The van der Waals surface area contributed by atoms with Gasteiger partial charge in [-0.2, -0.15) is 4.98 Å². The number of aromatic nitrogens is 2. The Morgan fingerprint density at radius 2 is 2.00 bits per heavy atom. The van der Waals surface area contributed by atoms with Crippen molar-refractivity contribution in [1.82, 2.24) is 15.5 Å². The van der Waals surface area contributed by atoms with E-state index >= 15 is 0 Å². The molecule has 1 amide bonds. The first-order chi connectivity index (χ1) is 9.06. The van der Waals surface area contributed by atoms with Gasteiger partial charge in [-0.3, -0.25) is 4.79 Å².